The van der Waals surface area contributed by atoms with E-state index in [1.165, 1.54) is 0 Å². The van der Waals surface area contributed by atoms with E-state index in [9.17, 15) is 9.59 Å². The lowest BCUT2D eigenvalue weighted by atomic mass is 10.1. The summed E-state index contributed by atoms with van der Waals surface area (Å²) in [6.45, 7) is 0.836. The number of amides is 2. The summed E-state index contributed by atoms with van der Waals surface area (Å²) in [5.41, 5.74) is 2.13. The molecule has 0 fully saturated rings. The van der Waals surface area contributed by atoms with E-state index in [1.807, 2.05) is 47.2 Å². The second-order valence-corrected chi connectivity index (χ2v) is 5.09. The van der Waals surface area contributed by atoms with Crippen molar-refractivity contribution in [3.05, 3.63) is 58.3 Å². The van der Waals surface area contributed by atoms with Crippen LogP contribution in [0.4, 0.5) is 0 Å². The molecule has 20 heavy (non-hydrogen) atoms. The van der Waals surface area contributed by atoms with Gasteiger partial charge in [-0.05, 0) is 34.4 Å². The molecule has 2 aromatic rings. The highest BCUT2D eigenvalue weighted by Crippen LogP contribution is 2.04. The molecule has 0 radical (unpaired) electrons. The van der Waals surface area contributed by atoms with Crippen molar-refractivity contribution in [2.45, 2.75) is 13.0 Å². The molecule has 0 aliphatic carbocycles. The average molecular weight is 288 g/mol. The van der Waals surface area contributed by atoms with E-state index in [1.54, 1.807) is 11.3 Å². The molecule has 0 atom stereocenters. The maximum absolute atomic E-state index is 11.6. The third kappa shape index (κ3) is 4.51. The van der Waals surface area contributed by atoms with Crippen LogP contribution in [-0.2, 0) is 22.6 Å². The van der Waals surface area contributed by atoms with E-state index in [2.05, 4.69) is 10.6 Å². The van der Waals surface area contributed by atoms with Crippen molar-refractivity contribution in [3.63, 3.8) is 0 Å². The molecule has 2 rings (SSSR count). The Balaban J connectivity index is 1.67. The van der Waals surface area contributed by atoms with Crippen LogP contribution in [0.3, 0.4) is 0 Å². The molecule has 0 saturated heterocycles. The smallest absolute Gasteiger partial charge is 0.309 e. The van der Waals surface area contributed by atoms with Gasteiger partial charge in [0, 0.05) is 13.1 Å². The molecule has 1 heterocycles. The number of rotatable bonds is 5. The van der Waals surface area contributed by atoms with Crippen LogP contribution in [0.2, 0.25) is 0 Å². The molecule has 5 heteroatoms. The molecular weight excluding hydrogens is 272 g/mol. The van der Waals surface area contributed by atoms with Crippen molar-refractivity contribution in [1.29, 1.82) is 0 Å². The molecule has 4 nitrogen and oxygen atoms in total. The van der Waals surface area contributed by atoms with Gasteiger partial charge in [-0.15, -0.1) is 0 Å². The largest absolute Gasteiger partial charge is 0.348 e. The van der Waals surface area contributed by atoms with Crippen LogP contribution in [0.15, 0.2) is 47.2 Å². The van der Waals surface area contributed by atoms with Gasteiger partial charge in [-0.25, -0.2) is 0 Å². The van der Waals surface area contributed by atoms with Crippen molar-refractivity contribution >= 4 is 23.2 Å². The Labute approximate surface area is 121 Å². The number of hydrogen-bond donors (Lipinski definition) is 2. The highest BCUT2D eigenvalue weighted by atomic mass is 32.1. The minimum Gasteiger partial charge on any atom is -0.348 e. The molecule has 0 bridgehead atoms. The first-order chi connectivity index (χ1) is 9.75. The lowest BCUT2D eigenvalue weighted by Crippen LogP contribution is -2.40. The summed E-state index contributed by atoms with van der Waals surface area (Å²) in [5, 5.41) is 9.07. The van der Waals surface area contributed by atoms with Crippen LogP contribution in [0.25, 0.3) is 0 Å². The molecule has 1 aromatic heterocycles. The zero-order chi connectivity index (χ0) is 14.2. The third-order valence-electron chi connectivity index (χ3n) is 2.78. The molecule has 104 valence electrons. The maximum Gasteiger partial charge on any atom is 0.309 e. The van der Waals surface area contributed by atoms with Gasteiger partial charge in [0.2, 0.25) is 0 Å². The second kappa shape index (κ2) is 7.45. The summed E-state index contributed by atoms with van der Waals surface area (Å²) in [7, 11) is 0. The summed E-state index contributed by atoms with van der Waals surface area (Å²) in [4.78, 5) is 23.1. The number of thiophene rings is 1. The Hall–Kier alpha value is -2.14. The maximum atomic E-state index is 11.6. The number of benzene rings is 1. The highest BCUT2D eigenvalue weighted by Gasteiger charge is 2.12. The van der Waals surface area contributed by atoms with Gasteiger partial charge in [0.1, 0.15) is 0 Å². The van der Waals surface area contributed by atoms with E-state index >= 15 is 0 Å². The quantitative estimate of drug-likeness (QED) is 0.823. The Morgan fingerprint density at radius 1 is 0.950 bits per heavy atom. The predicted molar refractivity (Wildman–Crippen MR) is 79.3 cm³/mol. The molecule has 0 spiro atoms. The zero-order valence-electron chi connectivity index (χ0n) is 11.0. The third-order valence-corrected chi connectivity index (χ3v) is 3.51. The standard InChI is InChI=1S/C15H16N2O2S/c18-14(15(19)17-10-13-7-9-20-11-13)16-8-6-12-4-2-1-3-5-12/h1-5,7,9,11H,6,8,10H2,(H,16,18)(H,17,19). The van der Waals surface area contributed by atoms with Crippen LogP contribution in [-0.4, -0.2) is 18.4 Å². The summed E-state index contributed by atoms with van der Waals surface area (Å²) in [6, 6.07) is 11.7. The number of nitrogens with one attached hydrogen (secondary N) is 2. The fourth-order valence-corrected chi connectivity index (χ4v) is 2.37. The van der Waals surface area contributed by atoms with E-state index in [4.69, 9.17) is 0 Å². The van der Waals surface area contributed by atoms with Crippen LogP contribution >= 0.6 is 11.3 Å². The van der Waals surface area contributed by atoms with Gasteiger partial charge in [0.05, 0.1) is 0 Å². The fourth-order valence-electron chi connectivity index (χ4n) is 1.70. The fraction of sp³-hybridized carbons (Fsp3) is 0.200. The minimum absolute atomic E-state index is 0.383. The number of carbonyl (C=O) groups is 2. The van der Waals surface area contributed by atoms with Crippen molar-refractivity contribution in [3.8, 4) is 0 Å². The molecule has 0 aliphatic rings. The molecule has 2 amide bonds. The molecule has 0 unspecified atom stereocenters. The zero-order valence-corrected chi connectivity index (χ0v) is 11.8. The summed E-state index contributed by atoms with van der Waals surface area (Å²) >= 11 is 1.56. The predicted octanol–water partition coefficient (Wildman–Crippen LogP) is 1.72. The molecular formula is C15H16N2O2S. The van der Waals surface area contributed by atoms with Crippen LogP contribution < -0.4 is 10.6 Å². The van der Waals surface area contributed by atoms with Gasteiger partial charge in [-0.3, -0.25) is 9.59 Å². The van der Waals surface area contributed by atoms with Gasteiger partial charge in [-0.1, -0.05) is 30.3 Å². The monoisotopic (exact) mass is 288 g/mol. The number of carbonyl (C=O) groups excluding carboxylic acids is 2. The summed E-state index contributed by atoms with van der Waals surface area (Å²) in [6.07, 6.45) is 0.713. The Bertz CT molecular complexity index is 553. The van der Waals surface area contributed by atoms with E-state index in [0.29, 0.717) is 19.5 Å². The highest BCUT2D eigenvalue weighted by molar-refractivity contribution is 7.07. The summed E-state index contributed by atoms with van der Waals surface area (Å²) < 4.78 is 0. The van der Waals surface area contributed by atoms with Gasteiger partial charge >= 0.3 is 11.8 Å². The molecule has 1 aromatic carbocycles. The van der Waals surface area contributed by atoms with Crippen molar-refractivity contribution in [2.75, 3.05) is 6.54 Å². The Kier molecular flexibility index (Phi) is 5.32. The van der Waals surface area contributed by atoms with Crippen LogP contribution in [0.5, 0.6) is 0 Å². The summed E-state index contributed by atoms with van der Waals surface area (Å²) in [5.74, 6) is -1.18. The number of hydrogen-bond acceptors (Lipinski definition) is 3. The SMILES string of the molecule is O=C(NCCc1ccccc1)C(=O)NCc1ccsc1. The lowest BCUT2D eigenvalue weighted by Gasteiger charge is -2.06. The molecule has 0 saturated carbocycles. The van der Waals surface area contributed by atoms with Gasteiger partial charge in [-0.2, -0.15) is 11.3 Å². The molecule has 0 aliphatic heterocycles. The average Bonchev–Trinajstić information content (AvgIpc) is 2.99. The second-order valence-electron chi connectivity index (χ2n) is 4.31. The first-order valence-electron chi connectivity index (χ1n) is 6.37. The molecule has 2 N–H and O–H groups in total. The van der Waals surface area contributed by atoms with Crippen molar-refractivity contribution in [2.24, 2.45) is 0 Å². The van der Waals surface area contributed by atoms with E-state index < -0.39 is 11.8 Å². The lowest BCUT2D eigenvalue weighted by molar-refractivity contribution is -0.139. The van der Waals surface area contributed by atoms with Crippen LogP contribution in [0.1, 0.15) is 11.1 Å². The first-order valence-corrected chi connectivity index (χ1v) is 7.31. The van der Waals surface area contributed by atoms with Gasteiger partial charge in [0.25, 0.3) is 0 Å². The first kappa shape index (κ1) is 14.3. The van der Waals surface area contributed by atoms with Crippen LogP contribution in [0, 0.1) is 0 Å². The van der Waals surface area contributed by atoms with E-state index in [-0.39, 0.29) is 0 Å². The van der Waals surface area contributed by atoms with Gasteiger partial charge in [0.15, 0.2) is 0 Å². The Morgan fingerprint density at radius 3 is 2.40 bits per heavy atom. The van der Waals surface area contributed by atoms with Gasteiger partial charge < -0.3 is 10.6 Å². The van der Waals surface area contributed by atoms with Crippen molar-refractivity contribution in [1.82, 2.24) is 10.6 Å². The normalized spacial score (nSPS) is 10.0. The topological polar surface area (TPSA) is 58.2 Å². The Morgan fingerprint density at radius 2 is 1.70 bits per heavy atom. The minimum atomic E-state index is -0.593. The van der Waals surface area contributed by atoms with Crippen molar-refractivity contribution < 1.29 is 9.59 Å². The van der Waals surface area contributed by atoms with E-state index in [0.717, 1.165) is 11.1 Å².